The third-order valence-corrected chi connectivity index (χ3v) is 2.49. The SMILES string of the molecule is CC#Cn1c(=O)ccn(/C(=C\C(=O)OCC)C(=O)OCC)c1=O. The molecule has 1 aromatic rings. The highest BCUT2D eigenvalue weighted by Gasteiger charge is 2.18. The van der Waals surface area contributed by atoms with Gasteiger partial charge in [0.25, 0.3) is 5.56 Å². The van der Waals surface area contributed by atoms with Crippen LogP contribution in [0.25, 0.3) is 5.70 Å². The molecule has 8 heteroatoms. The van der Waals surface area contributed by atoms with Gasteiger partial charge in [-0.3, -0.25) is 9.36 Å². The largest absolute Gasteiger partial charge is 0.463 e. The molecule has 0 saturated heterocycles. The van der Waals surface area contributed by atoms with Crippen LogP contribution < -0.4 is 11.2 Å². The zero-order valence-electron chi connectivity index (χ0n) is 13.0. The summed E-state index contributed by atoms with van der Waals surface area (Å²) in [6.45, 7) is 4.76. The van der Waals surface area contributed by atoms with E-state index < -0.39 is 23.2 Å². The van der Waals surface area contributed by atoms with Crippen LogP contribution >= 0.6 is 0 Å². The van der Waals surface area contributed by atoms with Crippen molar-refractivity contribution in [2.45, 2.75) is 20.8 Å². The van der Waals surface area contributed by atoms with Crippen LogP contribution in [0.2, 0.25) is 0 Å². The summed E-state index contributed by atoms with van der Waals surface area (Å²) in [4.78, 5) is 47.6. The fourth-order valence-electron chi connectivity index (χ4n) is 1.60. The van der Waals surface area contributed by atoms with Crippen molar-refractivity contribution in [3.05, 3.63) is 39.2 Å². The number of nitrogens with zero attached hydrogens (tertiary/aromatic N) is 2. The second kappa shape index (κ2) is 8.38. The molecular weight excluding hydrogens is 304 g/mol. The van der Waals surface area contributed by atoms with Crippen molar-refractivity contribution in [3.8, 4) is 12.0 Å². The molecule has 0 fully saturated rings. The second-order valence-electron chi connectivity index (χ2n) is 4.01. The molecule has 122 valence electrons. The number of hydrogen-bond acceptors (Lipinski definition) is 6. The summed E-state index contributed by atoms with van der Waals surface area (Å²) in [7, 11) is 0. The zero-order valence-corrected chi connectivity index (χ0v) is 13.0. The summed E-state index contributed by atoms with van der Waals surface area (Å²) in [5.74, 6) is 0.697. The molecule has 0 aliphatic rings. The van der Waals surface area contributed by atoms with Gasteiger partial charge >= 0.3 is 17.6 Å². The predicted octanol–water partition coefficient (Wildman–Crippen LogP) is -0.194. The van der Waals surface area contributed by atoms with Crippen LogP contribution in [0.3, 0.4) is 0 Å². The van der Waals surface area contributed by atoms with Crippen molar-refractivity contribution in [1.29, 1.82) is 0 Å². The molecule has 0 aromatic carbocycles. The molecule has 1 aromatic heterocycles. The minimum Gasteiger partial charge on any atom is -0.463 e. The Bertz CT molecular complexity index is 804. The summed E-state index contributed by atoms with van der Waals surface area (Å²) >= 11 is 0. The van der Waals surface area contributed by atoms with Gasteiger partial charge in [0.2, 0.25) is 0 Å². The molecule has 0 atom stereocenters. The first-order valence-corrected chi connectivity index (χ1v) is 6.79. The van der Waals surface area contributed by atoms with Crippen LogP contribution in [-0.2, 0) is 19.1 Å². The lowest BCUT2D eigenvalue weighted by Crippen LogP contribution is -2.38. The predicted molar refractivity (Wildman–Crippen MR) is 81.3 cm³/mol. The Morgan fingerprint density at radius 1 is 1.22 bits per heavy atom. The first-order chi connectivity index (χ1) is 11.0. The maximum absolute atomic E-state index is 12.3. The highest BCUT2D eigenvalue weighted by atomic mass is 16.5. The lowest BCUT2D eigenvalue weighted by molar-refractivity contribution is -0.139. The minimum absolute atomic E-state index is 0.0438. The maximum atomic E-state index is 12.3. The number of ether oxygens (including phenoxy) is 2. The molecule has 0 spiro atoms. The monoisotopic (exact) mass is 320 g/mol. The Hall–Kier alpha value is -3.08. The number of carbonyl (C=O) groups excluding carboxylic acids is 2. The van der Waals surface area contributed by atoms with Gasteiger partial charge in [0.05, 0.1) is 19.3 Å². The highest BCUT2D eigenvalue weighted by molar-refractivity contribution is 6.14. The van der Waals surface area contributed by atoms with Gasteiger partial charge < -0.3 is 9.47 Å². The average molecular weight is 320 g/mol. The van der Waals surface area contributed by atoms with Gasteiger partial charge in [-0.1, -0.05) is 5.92 Å². The van der Waals surface area contributed by atoms with Gasteiger partial charge in [-0.15, -0.1) is 0 Å². The molecule has 0 N–H and O–H groups in total. The molecule has 0 aliphatic carbocycles. The first kappa shape index (κ1) is 18.0. The molecule has 0 aliphatic heterocycles. The highest BCUT2D eigenvalue weighted by Crippen LogP contribution is 2.04. The smallest absolute Gasteiger partial charge is 0.355 e. The fourth-order valence-corrected chi connectivity index (χ4v) is 1.60. The summed E-state index contributed by atoms with van der Waals surface area (Å²) in [5, 5.41) is 0. The van der Waals surface area contributed by atoms with Crippen molar-refractivity contribution >= 4 is 17.6 Å². The average Bonchev–Trinajstić information content (AvgIpc) is 2.50. The van der Waals surface area contributed by atoms with E-state index in [-0.39, 0.29) is 18.9 Å². The quantitative estimate of drug-likeness (QED) is 0.424. The van der Waals surface area contributed by atoms with Crippen LogP contribution in [0.5, 0.6) is 0 Å². The Morgan fingerprint density at radius 3 is 2.43 bits per heavy atom. The number of carbonyl (C=O) groups is 2. The van der Waals surface area contributed by atoms with E-state index in [0.29, 0.717) is 4.57 Å². The first-order valence-electron chi connectivity index (χ1n) is 6.79. The molecule has 23 heavy (non-hydrogen) atoms. The van der Waals surface area contributed by atoms with Crippen LogP contribution in [0.15, 0.2) is 27.9 Å². The topological polar surface area (TPSA) is 96.6 Å². The van der Waals surface area contributed by atoms with Gasteiger partial charge in [-0.25, -0.2) is 14.4 Å². The molecule has 0 saturated carbocycles. The van der Waals surface area contributed by atoms with Crippen molar-refractivity contribution in [1.82, 2.24) is 9.13 Å². The molecule has 8 nitrogen and oxygen atoms in total. The van der Waals surface area contributed by atoms with Crippen LogP contribution in [-0.4, -0.2) is 34.3 Å². The van der Waals surface area contributed by atoms with Gasteiger partial charge in [-0.2, -0.15) is 4.57 Å². The Balaban J connectivity index is 3.55. The van der Waals surface area contributed by atoms with E-state index in [9.17, 15) is 19.2 Å². The fraction of sp³-hybridized carbons (Fsp3) is 0.333. The molecule has 0 amide bonds. The van der Waals surface area contributed by atoms with E-state index in [1.165, 1.54) is 6.92 Å². The summed E-state index contributed by atoms with van der Waals surface area (Å²) in [6.07, 6.45) is 1.90. The molecule has 0 radical (unpaired) electrons. The van der Waals surface area contributed by atoms with E-state index in [1.807, 2.05) is 0 Å². The zero-order chi connectivity index (χ0) is 17.4. The third-order valence-electron chi connectivity index (χ3n) is 2.49. The summed E-state index contributed by atoms with van der Waals surface area (Å²) in [5.41, 5.74) is -1.92. The third kappa shape index (κ3) is 4.44. The number of hydrogen-bond donors (Lipinski definition) is 0. The molecular formula is C15H16N2O6. The Kier molecular flexibility index (Phi) is 6.55. The van der Waals surface area contributed by atoms with Crippen molar-refractivity contribution in [2.75, 3.05) is 13.2 Å². The van der Waals surface area contributed by atoms with Crippen molar-refractivity contribution < 1.29 is 19.1 Å². The summed E-state index contributed by atoms with van der Waals surface area (Å²) in [6, 6.07) is 3.36. The van der Waals surface area contributed by atoms with Gasteiger partial charge in [0, 0.05) is 18.3 Å². The van der Waals surface area contributed by atoms with Crippen molar-refractivity contribution in [3.63, 3.8) is 0 Å². The molecule has 1 rings (SSSR count). The van der Waals surface area contributed by atoms with E-state index in [0.717, 1.165) is 22.9 Å². The van der Waals surface area contributed by atoms with Crippen molar-refractivity contribution in [2.24, 2.45) is 0 Å². The standard InChI is InChI=1S/C15H16N2O6/c1-4-8-17-12(18)7-9-16(15(17)21)11(14(20)23-6-3)10-13(19)22-5-2/h7,9-10H,5-6H2,1-3H3/b11-10-. The number of aromatic nitrogens is 2. The number of rotatable bonds is 5. The van der Waals surface area contributed by atoms with Gasteiger partial charge in [0.1, 0.15) is 5.70 Å². The van der Waals surface area contributed by atoms with E-state index in [4.69, 9.17) is 9.47 Å². The van der Waals surface area contributed by atoms with Crippen LogP contribution in [0.1, 0.15) is 20.8 Å². The Labute approximate surface area is 131 Å². The van der Waals surface area contributed by atoms with Gasteiger partial charge in [-0.05, 0) is 20.8 Å². The van der Waals surface area contributed by atoms with E-state index >= 15 is 0 Å². The van der Waals surface area contributed by atoms with E-state index in [2.05, 4.69) is 12.0 Å². The Morgan fingerprint density at radius 2 is 1.87 bits per heavy atom. The lowest BCUT2D eigenvalue weighted by atomic mass is 10.3. The van der Waals surface area contributed by atoms with Crippen LogP contribution in [0, 0.1) is 12.0 Å². The molecule has 1 heterocycles. The van der Waals surface area contributed by atoms with Gasteiger partial charge in [0.15, 0.2) is 0 Å². The second-order valence-corrected chi connectivity index (χ2v) is 4.01. The molecule has 0 unspecified atom stereocenters. The maximum Gasteiger partial charge on any atom is 0.355 e. The normalized spacial score (nSPS) is 10.5. The lowest BCUT2D eigenvalue weighted by Gasteiger charge is -2.10. The number of esters is 2. The minimum atomic E-state index is -0.905. The van der Waals surface area contributed by atoms with Crippen LogP contribution in [0.4, 0.5) is 0 Å². The molecule has 0 bridgehead atoms. The summed E-state index contributed by atoms with van der Waals surface area (Å²) < 4.78 is 11.0. The van der Waals surface area contributed by atoms with E-state index in [1.54, 1.807) is 13.8 Å².